The molecule has 0 spiro atoms. The largest absolute Gasteiger partial charge is 0.468 e. The molecule has 7 heteroatoms. The number of methoxy groups -OCH3 is 1. The van der Waals surface area contributed by atoms with Gasteiger partial charge in [0.25, 0.3) is 0 Å². The van der Waals surface area contributed by atoms with Crippen molar-refractivity contribution in [2.24, 2.45) is 0 Å². The fraction of sp³-hybridized carbons (Fsp3) is 0.300. The number of thioether (sulfide) groups is 1. The fourth-order valence-electron chi connectivity index (χ4n) is 1.13. The van der Waals surface area contributed by atoms with Crippen LogP contribution < -0.4 is 0 Å². The average molecular weight is 329 g/mol. The molecule has 1 unspecified atom stereocenters. The summed E-state index contributed by atoms with van der Waals surface area (Å²) in [6.07, 6.45) is 0. The first-order valence-electron chi connectivity index (χ1n) is 4.41. The van der Waals surface area contributed by atoms with Crippen molar-refractivity contribution in [3.05, 3.63) is 34.3 Å². The lowest BCUT2D eigenvalue weighted by atomic mass is 10.1. The second kappa shape index (κ2) is 5.77. The maximum atomic E-state index is 12.3. The number of alkyl halides is 3. The van der Waals surface area contributed by atoms with Crippen LogP contribution in [0.25, 0.3) is 0 Å². The van der Waals surface area contributed by atoms with Crippen molar-refractivity contribution >= 4 is 33.7 Å². The van der Waals surface area contributed by atoms with Crippen molar-refractivity contribution in [2.45, 2.75) is 10.8 Å². The Bertz CT molecular complexity index is 392. The summed E-state index contributed by atoms with van der Waals surface area (Å²) >= 11 is 2.77. The van der Waals surface area contributed by atoms with Crippen LogP contribution in [0.4, 0.5) is 13.2 Å². The first kappa shape index (κ1) is 14.4. The van der Waals surface area contributed by atoms with E-state index < -0.39 is 28.5 Å². The van der Waals surface area contributed by atoms with Gasteiger partial charge in [0.1, 0.15) is 5.25 Å². The SMILES string of the molecule is COC(=O)C(SC(F)(F)F)c1ccc(Br)cc1. The summed E-state index contributed by atoms with van der Waals surface area (Å²) in [5.74, 6) is -0.922. The maximum absolute atomic E-state index is 12.3. The van der Waals surface area contributed by atoms with Gasteiger partial charge in [0, 0.05) is 4.47 Å². The lowest BCUT2D eigenvalue weighted by molar-refractivity contribution is -0.140. The van der Waals surface area contributed by atoms with Crippen molar-refractivity contribution in [2.75, 3.05) is 7.11 Å². The van der Waals surface area contributed by atoms with Crippen molar-refractivity contribution in [3.8, 4) is 0 Å². The smallest absolute Gasteiger partial charge is 0.442 e. The molecule has 1 aromatic rings. The van der Waals surface area contributed by atoms with E-state index >= 15 is 0 Å². The van der Waals surface area contributed by atoms with E-state index in [4.69, 9.17) is 0 Å². The summed E-state index contributed by atoms with van der Waals surface area (Å²) in [4.78, 5) is 11.3. The minimum absolute atomic E-state index is 0.252. The van der Waals surface area contributed by atoms with Crippen molar-refractivity contribution in [1.29, 1.82) is 0 Å². The van der Waals surface area contributed by atoms with Crippen LogP contribution in [0.2, 0.25) is 0 Å². The molecule has 0 saturated carbocycles. The van der Waals surface area contributed by atoms with E-state index in [0.29, 0.717) is 0 Å². The Morgan fingerprint density at radius 1 is 1.35 bits per heavy atom. The molecule has 0 heterocycles. The number of hydrogen-bond donors (Lipinski definition) is 0. The van der Waals surface area contributed by atoms with E-state index in [1.165, 1.54) is 12.1 Å². The Morgan fingerprint density at radius 2 is 1.88 bits per heavy atom. The molecule has 0 bridgehead atoms. The van der Waals surface area contributed by atoms with Crippen LogP contribution >= 0.6 is 27.7 Å². The minimum atomic E-state index is -4.49. The van der Waals surface area contributed by atoms with Gasteiger partial charge in [-0.2, -0.15) is 13.2 Å². The number of halogens is 4. The van der Waals surface area contributed by atoms with Gasteiger partial charge in [-0.1, -0.05) is 28.1 Å². The molecule has 0 aliphatic heterocycles. The number of ether oxygens (including phenoxy) is 1. The zero-order valence-electron chi connectivity index (χ0n) is 8.62. The van der Waals surface area contributed by atoms with E-state index in [0.717, 1.165) is 11.6 Å². The van der Waals surface area contributed by atoms with Gasteiger partial charge in [-0.25, -0.2) is 0 Å². The van der Waals surface area contributed by atoms with Crippen molar-refractivity contribution < 1.29 is 22.7 Å². The Hall–Kier alpha value is -0.690. The molecule has 0 radical (unpaired) electrons. The van der Waals surface area contributed by atoms with Gasteiger partial charge in [-0.05, 0) is 29.5 Å². The van der Waals surface area contributed by atoms with Gasteiger partial charge in [0.2, 0.25) is 0 Å². The van der Waals surface area contributed by atoms with Gasteiger partial charge in [0.05, 0.1) is 7.11 Å². The molecule has 0 aliphatic rings. The predicted molar refractivity (Wildman–Crippen MR) is 62.5 cm³/mol. The Balaban J connectivity index is 2.98. The van der Waals surface area contributed by atoms with Crippen molar-refractivity contribution in [1.82, 2.24) is 0 Å². The standard InChI is InChI=1S/C10H8BrF3O2S/c1-16-9(15)8(17-10(12,13)14)6-2-4-7(11)5-3-6/h2-5,8H,1H3. The molecule has 0 N–H and O–H groups in total. The molecule has 0 aliphatic carbocycles. The van der Waals surface area contributed by atoms with E-state index in [1.54, 1.807) is 12.1 Å². The highest BCUT2D eigenvalue weighted by Crippen LogP contribution is 2.42. The van der Waals surface area contributed by atoms with Gasteiger partial charge in [-0.15, -0.1) is 0 Å². The predicted octanol–water partition coefficient (Wildman–Crippen LogP) is 3.92. The van der Waals surface area contributed by atoms with E-state index in [9.17, 15) is 18.0 Å². The summed E-state index contributed by atoms with van der Waals surface area (Å²) in [6, 6.07) is 6.04. The Morgan fingerprint density at radius 3 is 2.29 bits per heavy atom. The number of benzene rings is 1. The molecule has 0 fully saturated rings. The normalized spacial score (nSPS) is 13.2. The van der Waals surface area contributed by atoms with Crippen LogP contribution in [0.1, 0.15) is 10.8 Å². The van der Waals surface area contributed by atoms with Gasteiger partial charge in [0.15, 0.2) is 0 Å². The summed E-state index contributed by atoms with van der Waals surface area (Å²) < 4.78 is 42.0. The van der Waals surface area contributed by atoms with Crippen LogP contribution in [0, 0.1) is 0 Å². The van der Waals surface area contributed by atoms with E-state index in [-0.39, 0.29) is 5.56 Å². The molecule has 0 aromatic heterocycles. The molecule has 1 aromatic carbocycles. The summed E-state index contributed by atoms with van der Waals surface area (Å²) in [7, 11) is 1.06. The van der Waals surface area contributed by atoms with Crippen molar-refractivity contribution in [3.63, 3.8) is 0 Å². The highest BCUT2D eigenvalue weighted by atomic mass is 79.9. The third-order valence-electron chi connectivity index (χ3n) is 1.84. The highest BCUT2D eigenvalue weighted by molar-refractivity contribution is 9.10. The molecular weight excluding hydrogens is 321 g/mol. The number of rotatable bonds is 3. The van der Waals surface area contributed by atoms with Crippen LogP contribution in [0.15, 0.2) is 28.7 Å². The molecule has 1 rings (SSSR count). The number of esters is 1. The fourth-order valence-corrected chi connectivity index (χ4v) is 2.15. The maximum Gasteiger partial charge on any atom is 0.442 e. The second-order valence-corrected chi connectivity index (χ2v) is 5.10. The van der Waals surface area contributed by atoms with Gasteiger partial charge < -0.3 is 4.74 Å². The number of hydrogen-bond acceptors (Lipinski definition) is 3. The molecule has 17 heavy (non-hydrogen) atoms. The quantitative estimate of drug-likeness (QED) is 0.787. The topological polar surface area (TPSA) is 26.3 Å². The van der Waals surface area contributed by atoms with E-state index in [1.807, 2.05) is 0 Å². The first-order chi connectivity index (χ1) is 7.83. The third kappa shape index (κ3) is 4.59. The number of carbonyl (C=O) groups is 1. The van der Waals surface area contributed by atoms with E-state index in [2.05, 4.69) is 20.7 Å². The van der Waals surface area contributed by atoms with Crippen LogP contribution in [0.5, 0.6) is 0 Å². The molecule has 1 atom stereocenters. The lowest BCUT2D eigenvalue weighted by Crippen LogP contribution is -2.16. The van der Waals surface area contributed by atoms with Crippen LogP contribution in [-0.2, 0) is 9.53 Å². The summed E-state index contributed by atoms with van der Waals surface area (Å²) in [5.41, 5.74) is -4.24. The third-order valence-corrected chi connectivity index (χ3v) is 3.34. The molecule has 0 saturated heterocycles. The zero-order chi connectivity index (χ0) is 13.1. The molecule has 0 amide bonds. The lowest BCUT2D eigenvalue weighted by Gasteiger charge is -2.16. The minimum Gasteiger partial charge on any atom is -0.468 e. The first-order valence-corrected chi connectivity index (χ1v) is 6.08. The van der Waals surface area contributed by atoms with Crippen LogP contribution in [0.3, 0.4) is 0 Å². The Kier molecular flexibility index (Phi) is 4.88. The van der Waals surface area contributed by atoms with Gasteiger partial charge in [-0.3, -0.25) is 4.79 Å². The zero-order valence-corrected chi connectivity index (χ0v) is 11.0. The Labute approximate surface area is 109 Å². The number of carbonyl (C=O) groups excluding carboxylic acids is 1. The monoisotopic (exact) mass is 328 g/mol. The summed E-state index contributed by atoms with van der Waals surface area (Å²) in [5, 5.41) is -1.40. The summed E-state index contributed by atoms with van der Waals surface area (Å²) in [6.45, 7) is 0. The average Bonchev–Trinajstić information content (AvgIpc) is 2.25. The molecule has 2 nitrogen and oxygen atoms in total. The molecular formula is C10H8BrF3O2S. The van der Waals surface area contributed by atoms with Crippen LogP contribution in [-0.4, -0.2) is 18.6 Å². The second-order valence-electron chi connectivity index (χ2n) is 3.02. The highest BCUT2D eigenvalue weighted by Gasteiger charge is 2.37. The molecule has 94 valence electrons. The van der Waals surface area contributed by atoms with Gasteiger partial charge >= 0.3 is 11.5 Å².